The van der Waals surface area contributed by atoms with Crippen molar-refractivity contribution >= 4 is 11.3 Å². The van der Waals surface area contributed by atoms with Crippen molar-refractivity contribution in [3.8, 4) is 0 Å². The Morgan fingerprint density at radius 1 is 1.29 bits per heavy atom. The number of nitrogens with one attached hydrogen (secondary N) is 1. The highest BCUT2D eigenvalue weighted by Crippen LogP contribution is 2.48. The minimum Gasteiger partial charge on any atom is -0.312 e. The molecular weight excluding hydrogens is 228 g/mol. The maximum absolute atomic E-state index is 4.67. The van der Waals surface area contributed by atoms with Crippen molar-refractivity contribution in [2.45, 2.75) is 59.4 Å². The van der Waals surface area contributed by atoms with Crippen LogP contribution in [0.25, 0.3) is 0 Å². The molecule has 1 fully saturated rings. The lowest BCUT2D eigenvalue weighted by atomic mass is 10.0. The van der Waals surface area contributed by atoms with Crippen molar-refractivity contribution in [2.24, 2.45) is 5.41 Å². The standard InChI is InChI=1S/C14H24N2S/c1-10-11(2)17-12(16-10)8-14(6-7-14)9-15-13(3,4)5/h15H,6-9H2,1-5H3. The molecule has 1 aromatic rings. The molecule has 2 rings (SSSR count). The van der Waals surface area contributed by atoms with E-state index in [0.717, 1.165) is 13.0 Å². The summed E-state index contributed by atoms with van der Waals surface area (Å²) in [7, 11) is 0. The van der Waals surface area contributed by atoms with Gasteiger partial charge in [0.2, 0.25) is 0 Å². The Hall–Kier alpha value is -0.410. The van der Waals surface area contributed by atoms with Gasteiger partial charge in [0.15, 0.2) is 0 Å². The lowest BCUT2D eigenvalue weighted by Gasteiger charge is -2.24. The largest absolute Gasteiger partial charge is 0.312 e. The summed E-state index contributed by atoms with van der Waals surface area (Å²) < 4.78 is 0. The molecule has 1 saturated carbocycles. The average Bonchev–Trinajstić information content (AvgIpc) is 2.87. The fourth-order valence-corrected chi connectivity index (χ4v) is 3.09. The van der Waals surface area contributed by atoms with Crippen molar-refractivity contribution in [2.75, 3.05) is 6.54 Å². The molecule has 96 valence electrons. The van der Waals surface area contributed by atoms with Crippen LogP contribution < -0.4 is 5.32 Å². The van der Waals surface area contributed by atoms with Crippen molar-refractivity contribution in [1.29, 1.82) is 0 Å². The van der Waals surface area contributed by atoms with Crippen LogP contribution in [0.5, 0.6) is 0 Å². The van der Waals surface area contributed by atoms with E-state index in [9.17, 15) is 0 Å². The van der Waals surface area contributed by atoms with E-state index in [4.69, 9.17) is 0 Å². The highest BCUT2D eigenvalue weighted by molar-refractivity contribution is 7.11. The van der Waals surface area contributed by atoms with Crippen molar-refractivity contribution in [3.63, 3.8) is 0 Å². The molecule has 1 aromatic heterocycles. The minimum absolute atomic E-state index is 0.226. The summed E-state index contributed by atoms with van der Waals surface area (Å²) in [6, 6.07) is 0. The predicted octanol–water partition coefficient (Wildman–Crippen LogP) is 3.47. The minimum atomic E-state index is 0.226. The third-order valence-electron chi connectivity index (χ3n) is 3.55. The Balaban J connectivity index is 1.94. The number of hydrogen-bond acceptors (Lipinski definition) is 3. The van der Waals surface area contributed by atoms with Crippen LogP contribution in [0, 0.1) is 19.3 Å². The third-order valence-corrected chi connectivity index (χ3v) is 4.62. The van der Waals surface area contributed by atoms with Gasteiger partial charge in [-0.2, -0.15) is 0 Å². The first-order chi connectivity index (χ1) is 7.80. The van der Waals surface area contributed by atoms with E-state index in [1.54, 1.807) is 0 Å². The van der Waals surface area contributed by atoms with Crippen LogP contribution in [0.2, 0.25) is 0 Å². The fraction of sp³-hybridized carbons (Fsp3) is 0.786. The van der Waals surface area contributed by atoms with Gasteiger partial charge >= 0.3 is 0 Å². The Kier molecular flexibility index (Phi) is 3.34. The Morgan fingerprint density at radius 3 is 2.35 bits per heavy atom. The van der Waals surface area contributed by atoms with Gasteiger partial charge in [0.25, 0.3) is 0 Å². The molecule has 0 spiro atoms. The number of aromatic nitrogens is 1. The van der Waals surface area contributed by atoms with Gasteiger partial charge in [0.1, 0.15) is 0 Å². The van der Waals surface area contributed by atoms with Gasteiger partial charge < -0.3 is 5.32 Å². The number of aryl methyl sites for hydroxylation is 2. The molecule has 0 amide bonds. The Bertz CT molecular complexity index is 377. The number of nitrogens with zero attached hydrogens (tertiary/aromatic N) is 1. The molecule has 2 nitrogen and oxygen atoms in total. The molecule has 0 atom stereocenters. The number of rotatable bonds is 4. The molecule has 0 unspecified atom stereocenters. The van der Waals surface area contributed by atoms with Crippen molar-refractivity contribution in [3.05, 3.63) is 15.6 Å². The summed E-state index contributed by atoms with van der Waals surface area (Å²) in [5.41, 5.74) is 1.94. The molecule has 17 heavy (non-hydrogen) atoms. The zero-order chi connectivity index (χ0) is 12.7. The van der Waals surface area contributed by atoms with Crippen LogP contribution in [0.4, 0.5) is 0 Å². The Labute approximate surface area is 109 Å². The van der Waals surface area contributed by atoms with Gasteiger partial charge in [0, 0.05) is 23.4 Å². The topological polar surface area (TPSA) is 24.9 Å². The second-order valence-electron chi connectivity index (χ2n) is 6.53. The molecule has 1 aliphatic rings. The maximum atomic E-state index is 4.67. The van der Waals surface area contributed by atoms with Crippen LogP contribution in [-0.4, -0.2) is 17.1 Å². The molecule has 3 heteroatoms. The second kappa shape index (κ2) is 4.36. The van der Waals surface area contributed by atoms with E-state index < -0.39 is 0 Å². The van der Waals surface area contributed by atoms with Crippen LogP contribution >= 0.6 is 11.3 Å². The molecule has 1 N–H and O–H groups in total. The van der Waals surface area contributed by atoms with Gasteiger partial charge in [-0.3, -0.25) is 0 Å². The molecule has 0 aliphatic heterocycles. The van der Waals surface area contributed by atoms with E-state index in [2.05, 4.69) is 44.9 Å². The summed E-state index contributed by atoms with van der Waals surface area (Å²) in [5.74, 6) is 0. The first-order valence-corrected chi connectivity index (χ1v) is 7.29. The maximum Gasteiger partial charge on any atom is 0.0936 e. The molecule has 0 saturated heterocycles. The summed E-state index contributed by atoms with van der Waals surface area (Å²) in [4.78, 5) is 6.05. The highest BCUT2D eigenvalue weighted by atomic mass is 32.1. The lowest BCUT2D eigenvalue weighted by molar-refractivity contribution is 0.356. The van der Waals surface area contributed by atoms with E-state index in [1.807, 2.05) is 11.3 Å². The summed E-state index contributed by atoms with van der Waals surface area (Å²) in [5, 5.41) is 4.97. The molecule has 0 bridgehead atoms. The van der Waals surface area contributed by atoms with Crippen molar-refractivity contribution in [1.82, 2.24) is 10.3 Å². The highest BCUT2D eigenvalue weighted by Gasteiger charge is 2.43. The first kappa shape index (κ1) is 13.0. The predicted molar refractivity (Wildman–Crippen MR) is 74.7 cm³/mol. The quantitative estimate of drug-likeness (QED) is 0.887. The smallest absolute Gasteiger partial charge is 0.0936 e. The normalized spacial score (nSPS) is 18.4. The van der Waals surface area contributed by atoms with Crippen LogP contribution in [0.3, 0.4) is 0 Å². The average molecular weight is 252 g/mol. The zero-order valence-electron chi connectivity index (χ0n) is 11.7. The number of hydrogen-bond donors (Lipinski definition) is 1. The zero-order valence-corrected chi connectivity index (χ0v) is 12.5. The van der Waals surface area contributed by atoms with E-state index in [-0.39, 0.29) is 5.54 Å². The van der Waals surface area contributed by atoms with Gasteiger partial charge in [-0.25, -0.2) is 4.98 Å². The molecule has 1 aliphatic carbocycles. The lowest BCUT2D eigenvalue weighted by Crippen LogP contribution is -2.40. The van der Waals surface area contributed by atoms with Gasteiger partial charge in [0.05, 0.1) is 10.7 Å². The summed E-state index contributed by atoms with van der Waals surface area (Å²) in [6.45, 7) is 12.1. The molecule has 1 heterocycles. The van der Waals surface area contributed by atoms with Gasteiger partial charge in [-0.1, -0.05) is 0 Å². The van der Waals surface area contributed by atoms with E-state index >= 15 is 0 Å². The Morgan fingerprint density at radius 2 is 1.94 bits per heavy atom. The summed E-state index contributed by atoms with van der Waals surface area (Å²) >= 11 is 1.88. The fourth-order valence-electron chi connectivity index (χ4n) is 1.98. The molecular formula is C14H24N2S. The van der Waals surface area contributed by atoms with E-state index in [0.29, 0.717) is 5.41 Å². The third kappa shape index (κ3) is 3.52. The first-order valence-electron chi connectivity index (χ1n) is 6.48. The second-order valence-corrected chi connectivity index (χ2v) is 7.82. The van der Waals surface area contributed by atoms with Gasteiger partial charge in [-0.05, 0) is 52.9 Å². The molecule has 0 radical (unpaired) electrons. The van der Waals surface area contributed by atoms with Crippen LogP contribution in [0.15, 0.2) is 0 Å². The van der Waals surface area contributed by atoms with Crippen LogP contribution in [0.1, 0.15) is 49.2 Å². The van der Waals surface area contributed by atoms with Gasteiger partial charge in [-0.15, -0.1) is 11.3 Å². The van der Waals surface area contributed by atoms with Crippen molar-refractivity contribution < 1.29 is 0 Å². The van der Waals surface area contributed by atoms with E-state index in [1.165, 1.54) is 28.4 Å². The summed E-state index contributed by atoms with van der Waals surface area (Å²) in [6.07, 6.45) is 3.87. The van der Waals surface area contributed by atoms with Crippen LogP contribution in [-0.2, 0) is 6.42 Å². The number of thiazole rings is 1. The SMILES string of the molecule is Cc1nc(CC2(CNC(C)(C)C)CC2)sc1C. The molecule has 0 aromatic carbocycles. The monoisotopic (exact) mass is 252 g/mol.